The highest BCUT2D eigenvalue weighted by Gasteiger charge is 2.31. The number of aryl methyl sites for hydroxylation is 1. The smallest absolute Gasteiger partial charge is 0.344 e. The summed E-state index contributed by atoms with van der Waals surface area (Å²) in [4.78, 5) is 24.2. The molecule has 0 aliphatic rings. The molecule has 0 bridgehead atoms. The molecule has 160 valence electrons. The second kappa shape index (κ2) is 9.26. The van der Waals surface area contributed by atoms with Gasteiger partial charge in [0.2, 0.25) is 12.4 Å². The van der Waals surface area contributed by atoms with Gasteiger partial charge >= 0.3 is 5.97 Å². The number of aromatic nitrogens is 2. The van der Waals surface area contributed by atoms with Crippen LogP contribution in [0.25, 0.3) is 5.69 Å². The van der Waals surface area contributed by atoms with Crippen molar-refractivity contribution in [1.29, 1.82) is 0 Å². The molecule has 1 aromatic heterocycles. The molecule has 1 heterocycles. The Morgan fingerprint density at radius 2 is 1.53 bits per heavy atom. The van der Waals surface area contributed by atoms with Gasteiger partial charge in [-0.15, -0.1) is 0 Å². The molecule has 7 nitrogen and oxygen atoms in total. The van der Waals surface area contributed by atoms with E-state index in [1.165, 1.54) is 4.68 Å². The highest BCUT2D eigenvalue weighted by molar-refractivity contribution is 5.91. The van der Waals surface area contributed by atoms with E-state index >= 15 is 0 Å². The van der Waals surface area contributed by atoms with Gasteiger partial charge in [-0.2, -0.15) is 5.10 Å². The second-order valence-electron chi connectivity index (χ2n) is 7.29. The van der Waals surface area contributed by atoms with E-state index < -0.39 is 11.9 Å². The fraction of sp³-hybridized carbons (Fsp3) is 0.120. The Labute approximate surface area is 185 Å². The first-order valence-electron chi connectivity index (χ1n) is 10.1. The molecule has 0 aliphatic heterocycles. The number of hydrogen-bond acceptors (Lipinski definition) is 5. The monoisotopic (exact) mass is 427 g/mol. The number of carbonyl (C=O) groups excluding carboxylic acids is 1. The van der Waals surface area contributed by atoms with E-state index in [9.17, 15) is 14.9 Å². The minimum atomic E-state index is -0.637. The minimum absolute atomic E-state index is 0.179. The molecule has 0 radical (unpaired) electrons. The number of benzene rings is 3. The molecule has 7 heteroatoms. The van der Waals surface area contributed by atoms with Crippen LogP contribution in [0.3, 0.4) is 0 Å². The van der Waals surface area contributed by atoms with Crippen LogP contribution >= 0.6 is 0 Å². The predicted molar refractivity (Wildman–Crippen MR) is 120 cm³/mol. The first kappa shape index (κ1) is 21.0. The van der Waals surface area contributed by atoms with E-state index in [1.807, 2.05) is 66.7 Å². The molecule has 0 N–H and O–H groups in total. The maximum atomic E-state index is 12.9. The summed E-state index contributed by atoms with van der Waals surface area (Å²) in [6, 6.07) is 27.0. The van der Waals surface area contributed by atoms with Crippen molar-refractivity contribution in [2.45, 2.75) is 12.8 Å². The van der Waals surface area contributed by atoms with Crippen molar-refractivity contribution in [3.63, 3.8) is 0 Å². The fourth-order valence-corrected chi connectivity index (χ4v) is 3.68. The molecule has 0 unspecified atom stereocenters. The van der Waals surface area contributed by atoms with E-state index in [2.05, 4.69) is 5.10 Å². The van der Waals surface area contributed by atoms with Crippen LogP contribution in [0.1, 0.15) is 33.1 Å². The Morgan fingerprint density at radius 3 is 2.12 bits per heavy atom. The Bertz CT molecular complexity index is 1220. The lowest BCUT2D eigenvalue weighted by Gasteiger charge is -2.16. The SMILES string of the molecule is Cc1nn(-c2ccccc2)c(OC(=O)c2ccccc2)c1[C@@H](C[N+](=O)[O-])c1ccccc1. The lowest BCUT2D eigenvalue weighted by molar-refractivity contribution is -0.481. The van der Waals surface area contributed by atoms with Gasteiger partial charge in [0.25, 0.3) is 0 Å². The van der Waals surface area contributed by atoms with Crippen LogP contribution in [0, 0.1) is 17.0 Å². The van der Waals surface area contributed by atoms with E-state index in [-0.39, 0.29) is 17.3 Å². The van der Waals surface area contributed by atoms with Crippen molar-refractivity contribution in [2.24, 2.45) is 0 Å². The molecule has 3 aromatic carbocycles. The highest BCUT2D eigenvalue weighted by atomic mass is 16.6. The molecule has 4 rings (SSSR count). The predicted octanol–water partition coefficient (Wildman–Crippen LogP) is 4.81. The van der Waals surface area contributed by atoms with E-state index in [0.29, 0.717) is 22.5 Å². The zero-order chi connectivity index (χ0) is 22.5. The third kappa shape index (κ3) is 4.41. The van der Waals surface area contributed by atoms with Crippen LogP contribution in [0.2, 0.25) is 0 Å². The topological polar surface area (TPSA) is 87.3 Å². The van der Waals surface area contributed by atoms with Gasteiger partial charge in [0.15, 0.2) is 0 Å². The van der Waals surface area contributed by atoms with Crippen molar-refractivity contribution in [2.75, 3.05) is 6.54 Å². The number of hydrogen-bond donors (Lipinski definition) is 0. The molecule has 1 atom stereocenters. The number of para-hydroxylation sites is 1. The third-order valence-corrected chi connectivity index (χ3v) is 5.14. The van der Waals surface area contributed by atoms with Gasteiger partial charge in [0.05, 0.1) is 28.4 Å². The third-order valence-electron chi connectivity index (χ3n) is 5.14. The highest BCUT2D eigenvalue weighted by Crippen LogP contribution is 2.37. The Balaban J connectivity index is 1.88. The van der Waals surface area contributed by atoms with Crippen LogP contribution in [0.5, 0.6) is 5.88 Å². The van der Waals surface area contributed by atoms with Crippen LogP contribution in [0.15, 0.2) is 91.0 Å². The fourth-order valence-electron chi connectivity index (χ4n) is 3.68. The van der Waals surface area contributed by atoms with E-state index in [0.717, 1.165) is 5.56 Å². The molecule has 0 spiro atoms. The van der Waals surface area contributed by atoms with Crippen LogP contribution < -0.4 is 4.74 Å². The summed E-state index contributed by atoms with van der Waals surface area (Å²) in [6.45, 7) is 1.41. The number of ether oxygens (including phenoxy) is 1. The first-order chi connectivity index (χ1) is 15.5. The first-order valence-corrected chi connectivity index (χ1v) is 10.1. The second-order valence-corrected chi connectivity index (χ2v) is 7.29. The van der Waals surface area contributed by atoms with Gasteiger partial charge in [-0.1, -0.05) is 66.7 Å². The zero-order valence-corrected chi connectivity index (χ0v) is 17.4. The average Bonchev–Trinajstić information content (AvgIpc) is 3.14. The van der Waals surface area contributed by atoms with Crippen molar-refractivity contribution in [1.82, 2.24) is 9.78 Å². The number of nitro groups is 1. The molecule has 0 fully saturated rings. The van der Waals surface area contributed by atoms with Crippen LogP contribution in [-0.2, 0) is 0 Å². The number of rotatable bonds is 7. The Hall–Kier alpha value is -4.26. The lowest BCUT2D eigenvalue weighted by atomic mass is 9.91. The molecule has 0 aliphatic carbocycles. The zero-order valence-electron chi connectivity index (χ0n) is 17.4. The summed E-state index contributed by atoms with van der Waals surface area (Å²) in [6.07, 6.45) is 0. The van der Waals surface area contributed by atoms with Gasteiger partial charge in [-0.25, -0.2) is 9.48 Å². The van der Waals surface area contributed by atoms with Crippen molar-refractivity contribution in [3.8, 4) is 11.6 Å². The summed E-state index contributed by atoms with van der Waals surface area (Å²) < 4.78 is 7.39. The molecule has 4 aromatic rings. The Morgan fingerprint density at radius 1 is 0.969 bits per heavy atom. The Kier molecular flexibility index (Phi) is 6.07. The van der Waals surface area contributed by atoms with Gasteiger partial charge in [0.1, 0.15) is 0 Å². The number of nitrogens with zero attached hydrogens (tertiary/aromatic N) is 3. The van der Waals surface area contributed by atoms with Crippen molar-refractivity contribution in [3.05, 3.63) is 123 Å². The van der Waals surface area contributed by atoms with Crippen LogP contribution in [-0.4, -0.2) is 27.2 Å². The molecule has 32 heavy (non-hydrogen) atoms. The normalized spacial score (nSPS) is 11.7. The summed E-state index contributed by atoms with van der Waals surface area (Å²) in [5.41, 5.74) is 2.88. The standard InChI is InChI=1S/C25H21N3O4/c1-18-23(22(17-27(30)31)19-11-5-2-6-12-19)24(28(26-18)21-15-9-4-10-16-21)32-25(29)20-13-7-3-8-14-20/h2-16,22H,17H2,1H3/t22-/m0/s1. The summed E-state index contributed by atoms with van der Waals surface area (Å²) in [5.74, 6) is -1.02. The quantitative estimate of drug-likeness (QED) is 0.240. The van der Waals surface area contributed by atoms with Gasteiger partial charge in [-0.3, -0.25) is 10.1 Å². The van der Waals surface area contributed by atoms with Crippen LogP contribution in [0.4, 0.5) is 0 Å². The minimum Gasteiger partial charge on any atom is -0.403 e. The summed E-state index contributed by atoms with van der Waals surface area (Å²) >= 11 is 0. The molecule has 0 amide bonds. The molecular weight excluding hydrogens is 406 g/mol. The lowest BCUT2D eigenvalue weighted by Crippen LogP contribution is -2.18. The van der Waals surface area contributed by atoms with Gasteiger partial charge in [0, 0.05) is 4.92 Å². The largest absolute Gasteiger partial charge is 0.403 e. The number of esters is 1. The summed E-state index contributed by atoms with van der Waals surface area (Å²) in [7, 11) is 0. The van der Waals surface area contributed by atoms with Crippen molar-refractivity contribution >= 4 is 5.97 Å². The van der Waals surface area contributed by atoms with Crippen molar-refractivity contribution < 1.29 is 14.5 Å². The van der Waals surface area contributed by atoms with E-state index in [4.69, 9.17) is 4.74 Å². The maximum Gasteiger partial charge on any atom is 0.344 e. The van der Waals surface area contributed by atoms with E-state index in [1.54, 1.807) is 31.2 Å². The summed E-state index contributed by atoms with van der Waals surface area (Å²) in [5, 5.41) is 16.2. The average molecular weight is 427 g/mol. The molecular formula is C25H21N3O4. The molecule has 0 saturated heterocycles. The molecule has 0 saturated carbocycles. The maximum absolute atomic E-state index is 12.9. The van der Waals surface area contributed by atoms with Gasteiger partial charge < -0.3 is 4.74 Å². The number of carbonyl (C=O) groups is 1. The van der Waals surface area contributed by atoms with Gasteiger partial charge in [-0.05, 0) is 36.8 Å².